The molecule has 104 valence electrons. The second-order valence-electron chi connectivity index (χ2n) is 3.49. The summed E-state index contributed by atoms with van der Waals surface area (Å²) in [5.74, 6) is -3.32. The monoisotopic (exact) mass is 277 g/mol. The van der Waals surface area contributed by atoms with Gasteiger partial charge in [0.2, 0.25) is 6.04 Å². The summed E-state index contributed by atoms with van der Waals surface area (Å²) in [7, 11) is 1.24. The summed E-state index contributed by atoms with van der Waals surface area (Å²) in [6.45, 7) is 0. The molecule has 0 aromatic heterocycles. The molecule has 0 fully saturated rings. The highest BCUT2D eigenvalue weighted by atomic mass is 19.4. The number of alkyl halides is 3. The molecule has 0 heterocycles. The number of nitrogens with one attached hydrogen (secondary N) is 1. The van der Waals surface area contributed by atoms with Gasteiger partial charge in [-0.25, -0.2) is 4.79 Å². The lowest BCUT2D eigenvalue weighted by molar-refractivity contribution is -0.178. The van der Waals surface area contributed by atoms with Crippen molar-refractivity contribution in [2.24, 2.45) is 0 Å². The lowest BCUT2D eigenvalue weighted by Gasteiger charge is -2.18. The Morgan fingerprint density at radius 1 is 1.32 bits per heavy atom. The molecule has 5 nitrogen and oxygen atoms in total. The first-order chi connectivity index (χ1) is 8.77. The highest BCUT2D eigenvalue weighted by molar-refractivity contribution is 5.99. The predicted molar refractivity (Wildman–Crippen MR) is 57.9 cm³/mol. The van der Waals surface area contributed by atoms with Crippen LogP contribution in [0.3, 0.4) is 0 Å². The number of amides is 1. The van der Waals surface area contributed by atoms with Crippen LogP contribution >= 0.6 is 0 Å². The number of aliphatic carboxylic acids is 1. The molecular formula is C11H10F3NO4. The number of carboxylic acids is 1. The topological polar surface area (TPSA) is 75.6 Å². The number of carboxylic acid groups (broad SMARTS) is 1. The molecule has 0 aliphatic carbocycles. The summed E-state index contributed by atoms with van der Waals surface area (Å²) < 4.78 is 42.0. The van der Waals surface area contributed by atoms with Crippen molar-refractivity contribution in [2.45, 2.75) is 12.2 Å². The Balaban J connectivity index is 2.98. The molecule has 2 N–H and O–H groups in total. The lowest BCUT2D eigenvalue weighted by atomic mass is 10.1. The van der Waals surface area contributed by atoms with Crippen molar-refractivity contribution in [1.82, 2.24) is 5.32 Å². The Labute approximate surface area is 106 Å². The van der Waals surface area contributed by atoms with Crippen LogP contribution in [0.1, 0.15) is 10.4 Å². The molecule has 0 saturated carbocycles. The molecule has 1 aromatic rings. The number of methoxy groups -OCH3 is 1. The molecule has 0 aliphatic heterocycles. The maximum Gasteiger partial charge on any atom is 0.419 e. The molecule has 19 heavy (non-hydrogen) atoms. The smallest absolute Gasteiger partial charge is 0.419 e. The molecule has 1 atom stereocenters. The van der Waals surface area contributed by atoms with Crippen LogP contribution in [0.5, 0.6) is 5.75 Å². The Hall–Kier alpha value is -2.25. The summed E-state index contributed by atoms with van der Waals surface area (Å²) in [5, 5.41) is 9.87. The van der Waals surface area contributed by atoms with E-state index in [9.17, 15) is 22.8 Å². The minimum absolute atomic E-state index is 0.0475. The zero-order valence-electron chi connectivity index (χ0n) is 9.69. The molecule has 1 amide bonds. The van der Waals surface area contributed by atoms with Crippen LogP contribution < -0.4 is 10.1 Å². The number of ether oxygens (including phenoxy) is 1. The van der Waals surface area contributed by atoms with Crippen LogP contribution in [0.2, 0.25) is 0 Å². The van der Waals surface area contributed by atoms with E-state index < -0.39 is 24.1 Å². The maximum atomic E-state index is 12.4. The average Bonchev–Trinajstić information content (AvgIpc) is 2.33. The van der Waals surface area contributed by atoms with Gasteiger partial charge in [0.05, 0.1) is 12.7 Å². The molecule has 8 heteroatoms. The number of carbonyl (C=O) groups excluding carboxylic acids is 1. The standard InChI is InChI=1S/C11H10F3NO4/c1-19-7-5-3-2-4-6(7)9(16)15-8(10(17)18)11(12,13)14/h2-5,8H,1H3,(H,15,16)(H,17,18). The predicted octanol–water partition coefficient (Wildman–Crippen LogP) is 1.44. The molecule has 1 unspecified atom stereocenters. The minimum Gasteiger partial charge on any atom is -0.496 e. The van der Waals surface area contributed by atoms with Gasteiger partial charge in [-0.1, -0.05) is 12.1 Å². The lowest BCUT2D eigenvalue weighted by Crippen LogP contribution is -2.50. The molecule has 1 aromatic carbocycles. The van der Waals surface area contributed by atoms with Crippen molar-refractivity contribution in [3.63, 3.8) is 0 Å². The summed E-state index contributed by atoms with van der Waals surface area (Å²) in [6.07, 6.45) is -5.08. The molecule has 0 radical (unpaired) electrons. The van der Waals surface area contributed by atoms with Crippen LogP contribution in [0.4, 0.5) is 13.2 Å². The zero-order valence-corrected chi connectivity index (χ0v) is 9.69. The van der Waals surface area contributed by atoms with Crippen molar-refractivity contribution in [1.29, 1.82) is 0 Å². The highest BCUT2D eigenvalue weighted by Crippen LogP contribution is 2.22. The molecule has 0 saturated heterocycles. The van der Waals surface area contributed by atoms with Gasteiger partial charge in [-0.05, 0) is 12.1 Å². The van der Waals surface area contributed by atoms with Crippen molar-refractivity contribution in [2.75, 3.05) is 7.11 Å². The Kier molecular flexibility index (Phi) is 4.36. The maximum absolute atomic E-state index is 12.4. The third kappa shape index (κ3) is 3.60. The van der Waals surface area contributed by atoms with Gasteiger partial charge in [-0.15, -0.1) is 0 Å². The van der Waals surface area contributed by atoms with Crippen molar-refractivity contribution >= 4 is 11.9 Å². The van der Waals surface area contributed by atoms with Gasteiger partial charge in [0, 0.05) is 0 Å². The molecule has 0 spiro atoms. The molecule has 0 bridgehead atoms. The third-order valence-electron chi connectivity index (χ3n) is 2.20. The fourth-order valence-electron chi connectivity index (χ4n) is 1.32. The van der Waals surface area contributed by atoms with Crippen LogP contribution in [-0.4, -0.2) is 36.3 Å². The zero-order chi connectivity index (χ0) is 14.6. The van der Waals surface area contributed by atoms with E-state index in [2.05, 4.69) is 0 Å². The van der Waals surface area contributed by atoms with Crippen molar-refractivity contribution in [3.05, 3.63) is 29.8 Å². The number of hydrogen-bond donors (Lipinski definition) is 2. The first kappa shape index (κ1) is 14.8. The van der Waals surface area contributed by atoms with Crippen LogP contribution in [0.15, 0.2) is 24.3 Å². The van der Waals surface area contributed by atoms with Gasteiger partial charge in [-0.2, -0.15) is 13.2 Å². The minimum atomic E-state index is -5.08. The number of halogens is 3. The summed E-state index contributed by atoms with van der Waals surface area (Å²) >= 11 is 0. The van der Waals surface area contributed by atoms with E-state index in [1.165, 1.54) is 36.7 Å². The van der Waals surface area contributed by atoms with Gasteiger partial charge in [0.15, 0.2) is 0 Å². The third-order valence-corrected chi connectivity index (χ3v) is 2.20. The van der Waals surface area contributed by atoms with Gasteiger partial charge in [-0.3, -0.25) is 4.79 Å². The number of hydrogen-bond acceptors (Lipinski definition) is 3. The summed E-state index contributed by atoms with van der Waals surface area (Å²) in [6, 6.07) is 2.57. The van der Waals surface area contributed by atoms with Gasteiger partial charge < -0.3 is 15.2 Å². The van der Waals surface area contributed by atoms with E-state index in [0.717, 1.165) is 0 Å². The second-order valence-corrected chi connectivity index (χ2v) is 3.49. The van der Waals surface area contributed by atoms with Crippen LogP contribution in [-0.2, 0) is 4.79 Å². The van der Waals surface area contributed by atoms with Crippen molar-refractivity contribution < 1.29 is 32.6 Å². The molecular weight excluding hydrogens is 267 g/mol. The number of carbonyl (C=O) groups is 2. The van der Waals surface area contributed by atoms with E-state index >= 15 is 0 Å². The normalized spacial score (nSPS) is 12.6. The van der Waals surface area contributed by atoms with Crippen molar-refractivity contribution in [3.8, 4) is 5.75 Å². The quantitative estimate of drug-likeness (QED) is 0.873. The molecule has 1 rings (SSSR count). The average molecular weight is 277 g/mol. The Bertz CT molecular complexity index is 487. The molecule has 0 aliphatic rings. The number of para-hydroxylation sites is 1. The highest BCUT2D eigenvalue weighted by Gasteiger charge is 2.46. The van der Waals surface area contributed by atoms with Gasteiger partial charge in [0.25, 0.3) is 5.91 Å². The fraction of sp³-hybridized carbons (Fsp3) is 0.273. The summed E-state index contributed by atoms with van der Waals surface area (Å²) in [5.41, 5.74) is -0.180. The first-order valence-corrected chi connectivity index (χ1v) is 5.00. The van der Waals surface area contributed by atoms with E-state index in [-0.39, 0.29) is 11.3 Å². The van der Waals surface area contributed by atoms with Gasteiger partial charge >= 0.3 is 12.1 Å². The first-order valence-electron chi connectivity index (χ1n) is 5.00. The van der Waals surface area contributed by atoms with Crippen LogP contribution in [0, 0.1) is 0 Å². The number of rotatable bonds is 4. The van der Waals surface area contributed by atoms with Gasteiger partial charge in [0.1, 0.15) is 5.75 Å². The fourth-order valence-corrected chi connectivity index (χ4v) is 1.32. The van der Waals surface area contributed by atoms with E-state index in [1.807, 2.05) is 0 Å². The summed E-state index contributed by atoms with van der Waals surface area (Å²) in [4.78, 5) is 22.1. The van der Waals surface area contributed by atoms with E-state index in [1.54, 1.807) is 0 Å². The largest absolute Gasteiger partial charge is 0.496 e. The number of benzene rings is 1. The van der Waals surface area contributed by atoms with E-state index in [0.29, 0.717) is 0 Å². The van der Waals surface area contributed by atoms with Crippen LogP contribution in [0.25, 0.3) is 0 Å². The Morgan fingerprint density at radius 3 is 2.37 bits per heavy atom. The Morgan fingerprint density at radius 2 is 1.89 bits per heavy atom. The second kappa shape index (κ2) is 5.59. The van der Waals surface area contributed by atoms with E-state index in [4.69, 9.17) is 9.84 Å². The SMILES string of the molecule is COc1ccccc1C(=O)NC(C(=O)O)C(F)(F)F.